The van der Waals surface area contributed by atoms with E-state index in [0.717, 1.165) is 18.2 Å². The summed E-state index contributed by atoms with van der Waals surface area (Å²) in [6.45, 7) is 18.4. The molecule has 0 aromatic heterocycles. The van der Waals surface area contributed by atoms with Gasteiger partial charge in [0.1, 0.15) is 12.5 Å². The van der Waals surface area contributed by atoms with Gasteiger partial charge in [0.2, 0.25) is 0 Å². The topological polar surface area (TPSA) is 18.8 Å². The Morgan fingerprint density at radius 2 is 1.45 bits per heavy atom. The monoisotopic (exact) mass is 389 g/mol. The van der Waals surface area contributed by atoms with E-state index in [1.54, 1.807) is 0 Å². The van der Waals surface area contributed by atoms with Crippen molar-refractivity contribution >= 4 is 17.2 Å². The lowest BCUT2D eigenvalue weighted by molar-refractivity contribution is 0.595. The number of rotatable bonds is 4. The summed E-state index contributed by atoms with van der Waals surface area (Å²) in [6.07, 6.45) is 4.31. The molecule has 0 saturated heterocycles. The van der Waals surface area contributed by atoms with Crippen LogP contribution >= 0.6 is 0 Å². The molecule has 1 aliphatic rings. The van der Waals surface area contributed by atoms with Crippen LogP contribution in [0, 0.1) is 20.8 Å². The molecule has 3 rings (SSSR count). The quantitative estimate of drug-likeness (QED) is 0.408. The Labute approximate surface area is 176 Å². The van der Waals surface area contributed by atoms with Crippen molar-refractivity contribution in [2.24, 2.45) is 4.99 Å². The van der Waals surface area contributed by atoms with Gasteiger partial charge in [-0.1, -0.05) is 63.6 Å². The van der Waals surface area contributed by atoms with Crippen molar-refractivity contribution in [3.8, 4) is 0 Å². The second kappa shape index (κ2) is 8.44. The molecular weight excluding hydrogens is 354 g/mol. The van der Waals surface area contributed by atoms with Gasteiger partial charge >= 0.3 is 0 Å². The molecule has 3 nitrogen and oxygen atoms in total. The SMILES string of the molecule is CC(=Nc1c(C(C)C)cccc1C(C)C)N1C=CN(c2c(C)cc(C)cc2C)C1. The average molecular weight is 390 g/mol. The van der Waals surface area contributed by atoms with Gasteiger partial charge in [-0.2, -0.15) is 0 Å². The first-order chi connectivity index (χ1) is 13.7. The van der Waals surface area contributed by atoms with Gasteiger partial charge in [0.05, 0.1) is 5.69 Å². The van der Waals surface area contributed by atoms with E-state index < -0.39 is 0 Å². The summed E-state index contributed by atoms with van der Waals surface area (Å²) in [6, 6.07) is 11.1. The fourth-order valence-corrected chi connectivity index (χ4v) is 4.27. The van der Waals surface area contributed by atoms with Crippen molar-refractivity contribution in [2.75, 3.05) is 11.6 Å². The van der Waals surface area contributed by atoms with E-state index in [0.29, 0.717) is 11.8 Å². The van der Waals surface area contributed by atoms with Crippen LogP contribution in [0.4, 0.5) is 11.4 Å². The molecule has 0 amide bonds. The van der Waals surface area contributed by atoms with Crippen LogP contribution in [-0.4, -0.2) is 17.4 Å². The number of amidine groups is 1. The molecule has 3 heteroatoms. The van der Waals surface area contributed by atoms with E-state index >= 15 is 0 Å². The lowest BCUT2D eigenvalue weighted by Gasteiger charge is -2.25. The number of hydrogen-bond donors (Lipinski definition) is 0. The predicted octanol–water partition coefficient (Wildman–Crippen LogP) is 7.16. The fraction of sp³-hybridized carbons (Fsp3) is 0.423. The third-order valence-corrected chi connectivity index (χ3v) is 5.69. The Kier molecular flexibility index (Phi) is 6.16. The summed E-state index contributed by atoms with van der Waals surface area (Å²) < 4.78 is 0. The normalized spacial score (nSPS) is 14.6. The molecule has 0 N–H and O–H groups in total. The predicted molar refractivity (Wildman–Crippen MR) is 126 cm³/mol. The van der Waals surface area contributed by atoms with Crippen LogP contribution in [0.3, 0.4) is 0 Å². The molecule has 0 bridgehead atoms. The van der Waals surface area contributed by atoms with E-state index in [2.05, 4.69) is 108 Å². The summed E-state index contributed by atoms with van der Waals surface area (Å²) in [5.74, 6) is 1.92. The van der Waals surface area contributed by atoms with Crippen molar-refractivity contribution in [1.82, 2.24) is 4.90 Å². The third kappa shape index (κ3) is 4.39. The highest BCUT2D eigenvalue weighted by Crippen LogP contribution is 2.35. The zero-order chi connectivity index (χ0) is 21.3. The maximum absolute atomic E-state index is 5.14. The lowest BCUT2D eigenvalue weighted by atomic mass is 9.93. The summed E-state index contributed by atoms with van der Waals surface area (Å²) in [4.78, 5) is 9.69. The molecule has 1 aliphatic heterocycles. The van der Waals surface area contributed by atoms with Crippen LogP contribution in [0.25, 0.3) is 0 Å². The second-order valence-corrected chi connectivity index (χ2v) is 8.88. The first-order valence-corrected chi connectivity index (χ1v) is 10.7. The van der Waals surface area contributed by atoms with E-state index in [4.69, 9.17) is 4.99 Å². The average Bonchev–Trinajstić information content (AvgIpc) is 3.10. The third-order valence-electron chi connectivity index (χ3n) is 5.69. The lowest BCUT2D eigenvalue weighted by Crippen LogP contribution is -2.29. The van der Waals surface area contributed by atoms with Gasteiger partial charge in [0.25, 0.3) is 0 Å². The van der Waals surface area contributed by atoms with E-state index in [1.807, 2.05) is 0 Å². The molecule has 2 aromatic rings. The van der Waals surface area contributed by atoms with E-state index in [1.165, 1.54) is 33.5 Å². The minimum absolute atomic E-state index is 0.448. The summed E-state index contributed by atoms with van der Waals surface area (Å²) in [5, 5.41) is 0. The minimum atomic E-state index is 0.448. The molecule has 0 saturated carbocycles. The number of anilines is 1. The number of para-hydroxylation sites is 1. The first kappa shape index (κ1) is 21.2. The molecule has 0 atom stereocenters. The zero-order valence-corrected chi connectivity index (χ0v) is 19.2. The Morgan fingerprint density at radius 3 is 1.97 bits per heavy atom. The maximum Gasteiger partial charge on any atom is 0.107 e. The molecule has 0 aliphatic carbocycles. The van der Waals surface area contributed by atoms with Gasteiger partial charge in [-0.25, -0.2) is 4.99 Å². The van der Waals surface area contributed by atoms with E-state index in [-0.39, 0.29) is 0 Å². The molecule has 2 aromatic carbocycles. The standard InChI is InChI=1S/C26H35N3/c1-17(2)23-10-9-11-24(18(3)4)25(23)27-22(8)28-12-13-29(16-28)26-20(6)14-19(5)15-21(26)7/h9-15,17-18H,16H2,1-8H3. The largest absolute Gasteiger partial charge is 0.327 e. The number of aryl methyl sites for hydroxylation is 3. The van der Waals surface area contributed by atoms with E-state index in [9.17, 15) is 0 Å². The minimum Gasteiger partial charge on any atom is -0.327 e. The highest BCUT2D eigenvalue weighted by molar-refractivity contribution is 5.85. The number of hydrogen-bond acceptors (Lipinski definition) is 2. The van der Waals surface area contributed by atoms with Gasteiger partial charge < -0.3 is 9.80 Å². The summed E-state index contributed by atoms with van der Waals surface area (Å²) in [7, 11) is 0. The highest BCUT2D eigenvalue weighted by Gasteiger charge is 2.20. The van der Waals surface area contributed by atoms with Crippen molar-refractivity contribution in [1.29, 1.82) is 0 Å². The highest BCUT2D eigenvalue weighted by atomic mass is 15.4. The van der Waals surface area contributed by atoms with Crippen LogP contribution in [0.2, 0.25) is 0 Å². The summed E-state index contributed by atoms with van der Waals surface area (Å²) in [5.41, 5.74) is 9.03. The Hall–Kier alpha value is -2.55. The molecule has 29 heavy (non-hydrogen) atoms. The van der Waals surface area contributed by atoms with Crippen molar-refractivity contribution in [3.05, 3.63) is 70.5 Å². The second-order valence-electron chi connectivity index (χ2n) is 8.88. The maximum atomic E-state index is 5.14. The van der Waals surface area contributed by atoms with Gasteiger partial charge in [-0.15, -0.1) is 0 Å². The Bertz CT molecular complexity index is 901. The first-order valence-electron chi connectivity index (χ1n) is 10.7. The van der Waals surface area contributed by atoms with Crippen LogP contribution in [0.15, 0.2) is 47.7 Å². The molecule has 1 heterocycles. The van der Waals surface area contributed by atoms with Crippen LogP contribution in [-0.2, 0) is 0 Å². The van der Waals surface area contributed by atoms with Crippen molar-refractivity contribution in [3.63, 3.8) is 0 Å². The Balaban J connectivity index is 1.91. The number of aliphatic imine (C=N–C) groups is 1. The van der Waals surface area contributed by atoms with Gasteiger partial charge in [-0.05, 0) is 61.8 Å². The molecule has 154 valence electrons. The molecule has 0 unspecified atom stereocenters. The van der Waals surface area contributed by atoms with Crippen molar-refractivity contribution in [2.45, 2.75) is 67.2 Å². The number of benzene rings is 2. The van der Waals surface area contributed by atoms with Crippen molar-refractivity contribution < 1.29 is 0 Å². The van der Waals surface area contributed by atoms with Gasteiger partial charge in [0.15, 0.2) is 0 Å². The summed E-state index contributed by atoms with van der Waals surface area (Å²) >= 11 is 0. The molecule has 0 radical (unpaired) electrons. The van der Waals surface area contributed by atoms with Crippen LogP contribution < -0.4 is 4.90 Å². The molecule has 0 fully saturated rings. The molecule has 0 spiro atoms. The van der Waals surface area contributed by atoms with Gasteiger partial charge in [0, 0.05) is 18.1 Å². The smallest absolute Gasteiger partial charge is 0.107 e. The van der Waals surface area contributed by atoms with Crippen LogP contribution in [0.5, 0.6) is 0 Å². The van der Waals surface area contributed by atoms with Gasteiger partial charge in [-0.3, -0.25) is 0 Å². The molecular formula is C26H35N3. The fourth-order valence-electron chi connectivity index (χ4n) is 4.27. The van der Waals surface area contributed by atoms with Crippen LogP contribution in [0.1, 0.15) is 74.3 Å². The Morgan fingerprint density at radius 1 is 0.897 bits per heavy atom. The zero-order valence-electron chi connectivity index (χ0n) is 19.2. The number of nitrogens with zero attached hydrogens (tertiary/aromatic N) is 3.